The minimum Gasteiger partial charge on any atom is -0.481 e. The number of unbranched alkanes of at least 4 members (excludes halogenated alkanes) is 2. The molecule has 0 unspecified atom stereocenters. The van der Waals surface area contributed by atoms with E-state index < -0.39 is 18.1 Å². The zero-order valence-corrected chi connectivity index (χ0v) is 38.7. The lowest BCUT2D eigenvalue weighted by atomic mass is 9.97. The van der Waals surface area contributed by atoms with E-state index in [0.29, 0.717) is 135 Å². The van der Waals surface area contributed by atoms with E-state index in [1.807, 2.05) is 20.9 Å². The van der Waals surface area contributed by atoms with Crippen LogP contribution >= 0.6 is 0 Å². The normalized spacial score (nSPS) is 15.7. The summed E-state index contributed by atoms with van der Waals surface area (Å²) in [4.78, 5) is 61.8. The van der Waals surface area contributed by atoms with E-state index in [-0.39, 0.29) is 37.2 Å². The highest BCUT2D eigenvalue weighted by atomic mass is 16.5. The number of amides is 2. The summed E-state index contributed by atoms with van der Waals surface area (Å²) in [6.45, 7) is 11.7. The molecule has 5 rings (SSSR count). The molecule has 3 aromatic rings. The van der Waals surface area contributed by atoms with Crippen LogP contribution in [0.2, 0.25) is 0 Å². The van der Waals surface area contributed by atoms with Gasteiger partial charge in [0.1, 0.15) is 18.7 Å². The van der Waals surface area contributed by atoms with Crippen LogP contribution in [0.4, 0.5) is 17.8 Å². The van der Waals surface area contributed by atoms with E-state index in [2.05, 4.69) is 50.6 Å². The van der Waals surface area contributed by atoms with Crippen LogP contribution in [-0.2, 0) is 41.4 Å². The third-order valence-corrected chi connectivity index (χ3v) is 11.7. The number of aryl methyl sites for hydroxylation is 2. The molecular formula is C43H70N16O7. The lowest BCUT2D eigenvalue weighted by Gasteiger charge is -2.38. The van der Waals surface area contributed by atoms with Gasteiger partial charge >= 0.3 is 5.97 Å². The van der Waals surface area contributed by atoms with Crippen LogP contribution in [0.15, 0.2) is 12.4 Å². The maximum absolute atomic E-state index is 14.2. The number of nitrogens with two attached hydrogens (primary N) is 2. The number of hydrogen-bond acceptors (Lipinski definition) is 18. The lowest BCUT2D eigenvalue weighted by molar-refractivity contribution is -0.137. The second-order valence-corrected chi connectivity index (χ2v) is 16.4. The van der Waals surface area contributed by atoms with Gasteiger partial charge in [-0.2, -0.15) is 15.0 Å². The first kappa shape index (κ1) is 51.4. The van der Waals surface area contributed by atoms with Crippen molar-refractivity contribution >= 4 is 35.6 Å². The van der Waals surface area contributed by atoms with Crippen molar-refractivity contribution in [3.8, 4) is 12.3 Å². The predicted octanol–water partition coefficient (Wildman–Crippen LogP) is 0.403. The second-order valence-electron chi connectivity index (χ2n) is 16.4. The summed E-state index contributed by atoms with van der Waals surface area (Å²) >= 11 is 0. The predicted molar refractivity (Wildman–Crippen MR) is 246 cm³/mol. The molecule has 23 heteroatoms. The topological polar surface area (TPSA) is 276 Å². The highest BCUT2D eigenvalue weighted by Gasteiger charge is 2.35. The van der Waals surface area contributed by atoms with Gasteiger partial charge in [0, 0.05) is 77.7 Å². The number of carbonyl (C=O) groups is 3. The number of hydrogen-bond donors (Lipinski definition) is 4. The van der Waals surface area contributed by atoms with Gasteiger partial charge < -0.3 is 55.7 Å². The second kappa shape index (κ2) is 27.8. The summed E-state index contributed by atoms with van der Waals surface area (Å²) in [5.41, 5.74) is 12.8. The largest absolute Gasteiger partial charge is 0.481 e. The summed E-state index contributed by atoms with van der Waals surface area (Å²) in [7, 11) is 0. The molecule has 364 valence electrons. The first-order valence-electron chi connectivity index (χ1n) is 23.3. The Morgan fingerprint density at radius 2 is 1.32 bits per heavy atom. The van der Waals surface area contributed by atoms with Gasteiger partial charge in [-0.25, -0.2) is 9.36 Å². The molecule has 66 heavy (non-hydrogen) atoms. The molecule has 0 aliphatic carbocycles. The molecule has 2 fully saturated rings. The number of nitrogens with zero attached hydrogens (tertiary/aromatic N) is 13. The van der Waals surface area contributed by atoms with Crippen molar-refractivity contribution in [2.75, 3.05) is 127 Å². The molecule has 2 amide bonds. The molecule has 0 bridgehead atoms. The fourth-order valence-corrected chi connectivity index (χ4v) is 7.69. The highest BCUT2D eigenvalue weighted by Crippen LogP contribution is 2.26. The summed E-state index contributed by atoms with van der Waals surface area (Å²) in [6, 6.07) is -1.07. The number of ether oxygens (including phenoxy) is 3. The van der Waals surface area contributed by atoms with E-state index in [1.54, 1.807) is 15.6 Å². The number of carboxylic acids is 1. The van der Waals surface area contributed by atoms with E-state index in [9.17, 15) is 14.4 Å². The third-order valence-electron chi connectivity index (χ3n) is 11.7. The Balaban J connectivity index is 1.24. The van der Waals surface area contributed by atoms with Gasteiger partial charge in [0.2, 0.25) is 29.7 Å². The van der Waals surface area contributed by atoms with Crippen LogP contribution in [0.5, 0.6) is 0 Å². The Hall–Kier alpha value is -5.54. The van der Waals surface area contributed by atoms with Crippen LogP contribution < -0.4 is 26.6 Å². The van der Waals surface area contributed by atoms with E-state index >= 15 is 0 Å². The monoisotopic (exact) mass is 923 g/mol. The zero-order valence-electron chi connectivity index (χ0n) is 38.7. The van der Waals surface area contributed by atoms with Crippen molar-refractivity contribution in [2.24, 2.45) is 17.4 Å². The smallest absolute Gasteiger partial charge is 0.303 e. The number of carbonyl (C=O) groups excluding carboxylic acids is 2. The number of aromatic nitrogens is 9. The fraction of sp³-hybridized carbons (Fsp3) is 0.721. The van der Waals surface area contributed by atoms with Gasteiger partial charge in [-0.3, -0.25) is 14.4 Å². The average Bonchev–Trinajstić information content (AvgIpc) is 4.01. The van der Waals surface area contributed by atoms with Gasteiger partial charge in [0.05, 0.1) is 50.8 Å². The van der Waals surface area contributed by atoms with Crippen LogP contribution in [-0.4, -0.2) is 189 Å². The minimum absolute atomic E-state index is 0.0141. The van der Waals surface area contributed by atoms with Crippen LogP contribution in [0.1, 0.15) is 82.3 Å². The quantitative estimate of drug-likeness (QED) is 0.0520. The van der Waals surface area contributed by atoms with Crippen molar-refractivity contribution < 1.29 is 33.7 Å². The lowest BCUT2D eigenvalue weighted by Crippen LogP contribution is -2.52. The van der Waals surface area contributed by atoms with E-state index in [0.717, 1.165) is 44.2 Å². The number of terminal acetylenes is 1. The van der Waals surface area contributed by atoms with Crippen molar-refractivity contribution in [3.63, 3.8) is 0 Å². The highest BCUT2D eigenvalue weighted by molar-refractivity contribution is 5.81. The number of piperazine rings is 2. The first-order valence-corrected chi connectivity index (χ1v) is 23.3. The molecule has 2 aliphatic heterocycles. The minimum atomic E-state index is -0.925. The molecule has 0 spiro atoms. The standard InChI is InChI=1S/C43H70N16O7/c1-4-25-64-27-29-66-30-28-65-26-16-46-41-47-42(56-21-17-54(18-22-56)39(62)36(11-7-9-15-45)58-31-35(51-52-58)12-13-37(60)61)49-43(48-41)57-23-19-55(20-24-57)40(63)38(33(3)5-2)59-32-34(50-53-59)10-6-8-14-44/h1,31-33,36,38H,5-30,44-45H2,2-3H3,(H,60,61)(H,46,47,48,49)/t33-,36-,38-/m0/s1. The molecule has 23 nitrogen and oxygen atoms in total. The van der Waals surface area contributed by atoms with Crippen molar-refractivity contribution in [1.82, 2.24) is 54.7 Å². The van der Waals surface area contributed by atoms with Crippen molar-refractivity contribution in [2.45, 2.75) is 83.7 Å². The maximum Gasteiger partial charge on any atom is 0.303 e. The molecule has 6 N–H and O–H groups in total. The molecule has 0 radical (unpaired) electrons. The molecule has 3 atom stereocenters. The molecule has 2 saturated heterocycles. The molecule has 0 aromatic carbocycles. The Kier molecular flexibility index (Phi) is 21.7. The van der Waals surface area contributed by atoms with Crippen LogP contribution in [0.3, 0.4) is 0 Å². The first-order chi connectivity index (χ1) is 32.1. The Labute approximate surface area is 387 Å². The zero-order chi connectivity index (χ0) is 47.1. The maximum atomic E-state index is 14.2. The SMILES string of the molecule is C#CCOCCOCCOCCNc1nc(N2CCN(C(=O)[C@H]([C@@H](C)CC)n3cc(CCCCN)nn3)CC2)nc(N2CCN(C(=O)[C@H](CCCCN)n3cc(CCC(=O)O)nn3)CC2)n1. The Morgan fingerprint density at radius 1 is 0.758 bits per heavy atom. The summed E-state index contributed by atoms with van der Waals surface area (Å²) in [5, 5.41) is 29.6. The van der Waals surface area contributed by atoms with Crippen LogP contribution in [0, 0.1) is 18.3 Å². The molecule has 0 saturated carbocycles. The number of carboxylic acid groups (broad SMARTS) is 1. The van der Waals surface area contributed by atoms with Crippen molar-refractivity contribution in [1.29, 1.82) is 0 Å². The number of aliphatic carboxylic acids is 1. The van der Waals surface area contributed by atoms with Gasteiger partial charge in [0.15, 0.2) is 0 Å². The Bertz CT molecular complexity index is 1960. The number of rotatable bonds is 30. The van der Waals surface area contributed by atoms with Gasteiger partial charge in [-0.05, 0) is 57.5 Å². The van der Waals surface area contributed by atoms with E-state index in [4.69, 9.17) is 52.2 Å². The molecule has 2 aliphatic rings. The van der Waals surface area contributed by atoms with Crippen molar-refractivity contribution in [3.05, 3.63) is 23.8 Å². The molecule has 3 aromatic heterocycles. The Morgan fingerprint density at radius 3 is 1.92 bits per heavy atom. The fourth-order valence-electron chi connectivity index (χ4n) is 7.69. The summed E-state index contributed by atoms with van der Waals surface area (Å²) in [6.07, 6.45) is 14.3. The van der Waals surface area contributed by atoms with Gasteiger partial charge in [0.25, 0.3) is 0 Å². The van der Waals surface area contributed by atoms with E-state index in [1.165, 1.54) is 0 Å². The van der Waals surface area contributed by atoms with Gasteiger partial charge in [-0.15, -0.1) is 16.6 Å². The average molecular weight is 923 g/mol. The molecular weight excluding hydrogens is 853 g/mol. The third kappa shape index (κ3) is 15.8. The van der Waals surface area contributed by atoms with Gasteiger partial charge in [-0.1, -0.05) is 36.6 Å². The number of anilines is 3. The summed E-state index contributed by atoms with van der Waals surface area (Å²) in [5.74, 6) is 2.81. The number of nitrogens with one attached hydrogen (secondary N) is 1. The molecule has 5 heterocycles. The van der Waals surface area contributed by atoms with Crippen LogP contribution in [0.25, 0.3) is 0 Å². The summed E-state index contributed by atoms with van der Waals surface area (Å²) < 4.78 is 19.8.